The molecule has 20 heavy (non-hydrogen) atoms. The number of hydrogen-bond acceptors (Lipinski definition) is 3. The number of carbonyl (C=O) groups is 1. The summed E-state index contributed by atoms with van der Waals surface area (Å²) in [6, 6.07) is 13.1. The molecule has 0 aliphatic rings. The molecular formula is C15H11BrN2OS. The minimum Gasteiger partial charge on any atom is -0.321 e. The van der Waals surface area contributed by atoms with Crippen LogP contribution in [0.25, 0.3) is 6.08 Å². The minimum atomic E-state index is -0.402. The molecule has 5 heteroatoms. The summed E-state index contributed by atoms with van der Waals surface area (Å²) in [7, 11) is 0. The van der Waals surface area contributed by atoms with Gasteiger partial charge in [-0.25, -0.2) is 0 Å². The van der Waals surface area contributed by atoms with Gasteiger partial charge < -0.3 is 5.32 Å². The molecule has 0 atom stereocenters. The van der Waals surface area contributed by atoms with Crippen LogP contribution in [0.15, 0.2) is 45.8 Å². The Labute approximate surface area is 129 Å². The summed E-state index contributed by atoms with van der Waals surface area (Å²) in [4.78, 5) is 12.9. The van der Waals surface area contributed by atoms with E-state index in [0.29, 0.717) is 5.69 Å². The zero-order chi connectivity index (χ0) is 14.5. The van der Waals surface area contributed by atoms with Gasteiger partial charge in [0.2, 0.25) is 0 Å². The largest absolute Gasteiger partial charge is 0.321 e. The molecule has 1 heterocycles. The SMILES string of the molecule is Cc1ccc(NC(=O)/C(C#N)=C/c2ccc(Br)s2)cc1. The number of rotatable bonds is 3. The highest BCUT2D eigenvalue weighted by Gasteiger charge is 2.10. The quantitative estimate of drug-likeness (QED) is 0.662. The molecule has 0 bridgehead atoms. The number of thiophene rings is 1. The number of nitriles is 1. The fourth-order valence-electron chi connectivity index (χ4n) is 1.53. The lowest BCUT2D eigenvalue weighted by Gasteiger charge is -2.04. The molecule has 100 valence electrons. The number of nitrogens with zero attached hydrogens (tertiary/aromatic N) is 1. The zero-order valence-corrected chi connectivity index (χ0v) is 13.1. The molecule has 1 aromatic carbocycles. The van der Waals surface area contributed by atoms with Gasteiger partial charge >= 0.3 is 0 Å². The number of benzene rings is 1. The molecule has 0 aliphatic carbocycles. The van der Waals surface area contributed by atoms with Crippen molar-refractivity contribution in [3.8, 4) is 6.07 Å². The van der Waals surface area contributed by atoms with E-state index in [-0.39, 0.29) is 5.57 Å². The van der Waals surface area contributed by atoms with Gasteiger partial charge in [-0.1, -0.05) is 17.7 Å². The van der Waals surface area contributed by atoms with Gasteiger partial charge in [0.1, 0.15) is 11.6 Å². The second-order valence-corrected chi connectivity index (χ2v) is 6.63. The number of nitrogens with one attached hydrogen (secondary N) is 1. The third-order valence-corrected chi connectivity index (χ3v) is 4.13. The van der Waals surface area contributed by atoms with Crippen molar-refractivity contribution in [2.24, 2.45) is 0 Å². The fraction of sp³-hybridized carbons (Fsp3) is 0.0667. The molecular weight excluding hydrogens is 336 g/mol. The number of anilines is 1. The molecule has 2 aromatic rings. The normalized spacial score (nSPS) is 10.9. The van der Waals surface area contributed by atoms with Gasteiger partial charge in [-0.05, 0) is 53.2 Å². The van der Waals surface area contributed by atoms with Gasteiger partial charge in [0, 0.05) is 10.6 Å². The number of carbonyl (C=O) groups excluding carboxylic acids is 1. The maximum Gasteiger partial charge on any atom is 0.266 e. The summed E-state index contributed by atoms with van der Waals surface area (Å²) >= 11 is 4.81. The van der Waals surface area contributed by atoms with Gasteiger partial charge in [0.25, 0.3) is 5.91 Å². The van der Waals surface area contributed by atoms with Crippen LogP contribution in [-0.2, 0) is 4.79 Å². The van der Waals surface area contributed by atoms with Crippen molar-refractivity contribution in [2.75, 3.05) is 5.32 Å². The van der Waals surface area contributed by atoms with E-state index in [1.54, 1.807) is 6.08 Å². The summed E-state index contributed by atoms with van der Waals surface area (Å²) in [6.45, 7) is 1.97. The summed E-state index contributed by atoms with van der Waals surface area (Å²) in [5.74, 6) is -0.402. The first-order valence-corrected chi connectivity index (χ1v) is 7.44. The van der Waals surface area contributed by atoms with Crippen molar-refractivity contribution in [1.82, 2.24) is 0 Å². The van der Waals surface area contributed by atoms with E-state index in [4.69, 9.17) is 5.26 Å². The first-order chi connectivity index (χ1) is 9.58. The van der Waals surface area contributed by atoms with Crippen LogP contribution in [-0.4, -0.2) is 5.91 Å². The highest BCUT2D eigenvalue weighted by molar-refractivity contribution is 9.11. The van der Waals surface area contributed by atoms with E-state index in [1.165, 1.54) is 11.3 Å². The van der Waals surface area contributed by atoms with Crippen molar-refractivity contribution < 1.29 is 4.79 Å². The van der Waals surface area contributed by atoms with Gasteiger partial charge in [-0.15, -0.1) is 11.3 Å². The van der Waals surface area contributed by atoms with Crippen LogP contribution in [0, 0.1) is 18.3 Å². The summed E-state index contributed by atoms with van der Waals surface area (Å²) < 4.78 is 0.958. The van der Waals surface area contributed by atoms with Crippen LogP contribution in [0.1, 0.15) is 10.4 Å². The van der Waals surface area contributed by atoms with Crippen LogP contribution in [0.5, 0.6) is 0 Å². The van der Waals surface area contributed by atoms with E-state index >= 15 is 0 Å². The number of hydrogen-bond donors (Lipinski definition) is 1. The topological polar surface area (TPSA) is 52.9 Å². The molecule has 2 rings (SSSR count). The molecule has 0 fully saturated rings. The lowest BCUT2D eigenvalue weighted by atomic mass is 10.2. The smallest absolute Gasteiger partial charge is 0.266 e. The highest BCUT2D eigenvalue weighted by atomic mass is 79.9. The van der Waals surface area contributed by atoms with Gasteiger partial charge in [-0.2, -0.15) is 5.26 Å². The number of amides is 1. The molecule has 3 nitrogen and oxygen atoms in total. The Hall–Kier alpha value is -1.90. The molecule has 0 spiro atoms. The Morgan fingerprint density at radius 3 is 2.55 bits per heavy atom. The standard InChI is InChI=1S/C15H11BrN2OS/c1-10-2-4-12(5-3-10)18-15(19)11(9-17)8-13-6-7-14(16)20-13/h2-8H,1H3,(H,18,19)/b11-8+. The Morgan fingerprint density at radius 2 is 2.00 bits per heavy atom. The van der Waals surface area contributed by atoms with Crippen molar-refractivity contribution in [3.05, 3.63) is 56.2 Å². The average molecular weight is 347 g/mol. The van der Waals surface area contributed by atoms with Gasteiger partial charge in [-0.3, -0.25) is 4.79 Å². The summed E-state index contributed by atoms with van der Waals surface area (Å²) in [5.41, 5.74) is 1.87. The maximum atomic E-state index is 12.0. The number of halogens is 1. The van der Waals surface area contributed by atoms with E-state index in [2.05, 4.69) is 21.2 Å². The molecule has 0 aliphatic heterocycles. The van der Waals surface area contributed by atoms with E-state index < -0.39 is 5.91 Å². The predicted octanol–water partition coefficient (Wildman–Crippen LogP) is 4.36. The maximum absolute atomic E-state index is 12.0. The van der Waals surface area contributed by atoms with E-state index in [1.807, 2.05) is 49.4 Å². The van der Waals surface area contributed by atoms with Crippen molar-refractivity contribution in [1.29, 1.82) is 5.26 Å². The van der Waals surface area contributed by atoms with Crippen molar-refractivity contribution in [2.45, 2.75) is 6.92 Å². The fourth-order valence-corrected chi connectivity index (χ4v) is 2.90. The summed E-state index contributed by atoms with van der Waals surface area (Å²) in [6.07, 6.45) is 1.58. The molecule has 1 N–H and O–H groups in total. The van der Waals surface area contributed by atoms with Crippen LogP contribution < -0.4 is 5.32 Å². The molecule has 0 saturated heterocycles. The molecule has 0 saturated carbocycles. The lowest BCUT2D eigenvalue weighted by molar-refractivity contribution is -0.112. The molecule has 1 aromatic heterocycles. The first-order valence-electron chi connectivity index (χ1n) is 5.83. The molecule has 0 radical (unpaired) electrons. The Kier molecular flexibility index (Phi) is 4.72. The Bertz CT molecular complexity index is 695. The van der Waals surface area contributed by atoms with Crippen molar-refractivity contribution >= 4 is 44.9 Å². The second-order valence-electron chi connectivity index (χ2n) is 4.13. The molecule has 1 amide bonds. The van der Waals surface area contributed by atoms with Crippen LogP contribution >= 0.6 is 27.3 Å². The first kappa shape index (κ1) is 14.5. The third-order valence-electron chi connectivity index (χ3n) is 2.56. The van der Waals surface area contributed by atoms with E-state index in [0.717, 1.165) is 14.2 Å². The third kappa shape index (κ3) is 3.80. The van der Waals surface area contributed by atoms with Gasteiger partial charge in [0.15, 0.2) is 0 Å². The van der Waals surface area contributed by atoms with Crippen LogP contribution in [0.4, 0.5) is 5.69 Å². The zero-order valence-electron chi connectivity index (χ0n) is 10.7. The Balaban J connectivity index is 2.16. The van der Waals surface area contributed by atoms with E-state index in [9.17, 15) is 4.79 Å². The van der Waals surface area contributed by atoms with Crippen molar-refractivity contribution in [3.63, 3.8) is 0 Å². The highest BCUT2D eigenvalue weighted by Crippen LogP contribution is 2.24. The van der Waals surface area contributed by atoms with Gasteiger partial charge in [0.05, 0.1) is 3.79 Å². The molecule has 0 unspecified atom stereocenters. The van der Waals surface area contributed by atoms with Crippen LogP contribution in [0.2, 0.25) is 0 Å². The second kappa shape index (κ2) is 6.51. The van der Waals surface area contributed by atoms with Crippen LogP contribution in [0.3, 0.4) is 0 Å². The monoisotopic (exact) mass is 346 g/mol. The Morgan fingerprint density at radius 1 is 1.30 bits per heavy atom. The minimum absolute atomic E-state index is 0.0833. The lowest BCUT2D eigenvalue weighted by Crippen LogP contribution is -2.13. The summed E-state index contributed by atoms with van der Waals surface area (Å²) in [5, 5.41) is 11.8. The average Bonchev–Trinajstić information content (AvgIpc) is 2.84. The predicted molar refractivity (Wildman–Crippen MR) is 85.4 cm³/mol. The number of aryl methyl sites for hydroxylation is 1.